The van der Waals surface area contributed by atoms with Gasteiger partial charge in [-0.25, -0.2) is 5.43 Å². The highest BCUT2D eigenvalue weighted by Gasteiger charge is 2.05. The number of nitrogens with zero attached hydrogens (tertiary/aromatic N) is 1. The number of ether oxygens (including phenoxy) is 4. The number of nitrogens with one attached hydrogen (secondary N) is 1. The fraction of sp³-hybridized carbons (Fsp3) is 0.263. The standard InChI is InChI=1S/C19H22N2O5/c1-4-25-17-10-5-14(11-18(17)24-3)12-20-21-19(22)13-26-16-8-6-15(23-2)7-9-16/h5-12H,4,13H2,1-3H3,(H,21,22)/b20-12+. The second kappa shape index (κ2) is 9.93. The largest absolute Gasteiger partial charge is 0.497 e. The molecule has 0 unspecified atom stereocenters. The summed E-state index contributed by atoms with van der Waals surface area (Å²) in [6, 6.07) is 12.3. The van der Waals surface area contributed by atoms with E-state index in [2.05, 4.69) is 10.5 Å². The third-order valence-corrected chi connectivity index (χ3v) is 3.32. The van der Waals surface area contributed by atoms with Crippen molar-refractivity contribution in [3.63, 3.8) is 0 Å². The van der Waals surface area contributed by atoms with Gasteiger partial charge in [0, 0.05) is 0 Å². The van der Waals surface area contributed by atoms with Gasteiger partial charge >= 0.3 is 0 Å². The maximum Gasteiger partial charge on any atom is 0.277 e. The Bertz CT molecular complexity index is 744. The lowest BCUT2D eigenvalue weighted by Gasteiger charge is -2.09. The normalized spacial score (nSPS) is 10.4. The minimum Gasteiger partial charge on any atom is -0.497 e. The second-order valence-electron chi connectivity index (χ2n) is 5.10. The van der Waals surface area contributed by atoms with Crippen molar-refractivity contribution in [2.45, 2.75) is 6.92 Å². The summed E-state index contributed by atoms with van der Waals surface area (Å²) < 4.78 is 21.1. The van der Waals surface area contributed by atoms with Crippen molar-refractivity contribution in [3.8, 4) is 23.0 Å². The van der Waals surface area contributed by atoms with Crippen LogP contribution in [0.5, 0.6) is 23.0 Å². The maximum absolute atomic E-state index is 11.8. The average Bonchev–Trinajstić information content (AvgIpc) is 2.68. The van der Waals surface area contributed by atoms with E-state index in [9.17, 15) is 4.79 Å². The van der Waals surface area contributed by atoms with Crippen LogP contribution in [0.2, 0.25) is 0 Å². The molecule has 0 aliphatic heterocycles. The molecule has 0 fully saturated rings. The quantitative estimate of drug-likeness (QED) is 0.551. The number of carbonyl (C=O) groups is 1. The Morgan fingerprint density at radius 3 is 2.38 bits per heavy atom. The van der Waals surface area contributed by atoms with Crippen LogP contribution < -0.4 is 24.4 Å². The summed E-state index contributed by atoms with van der Waals surface area (Å²) in [4.78, 5) is 11.8. The molecule has 2 aromatic carbocycles. The third-order valence-electron chi connectivity index (χ3n) is 3.32. The maximum atomic E-state index is 11.8. The van der Waals surface area contributed by atoms with Crippen LogP contribution in [-0.4, -0.2) is 39.6 Å². The van der Waals surface area contributed by atoms with E-state index in [0.717, 1.165) is 11.3 Å². The van der Waals surface area contributed by atoms with Crippen LogP contribution in [0.3, 0.4) is 0 Å². The Hall–Kier alpha value is -3.22. The second-order valence-corrected chi connectivity index (χ2v) is 5.10. The predicted molar refractivity (Wildman–Crippen MR) is 98.4 cm³/mol. The molecule has 0 aliphatic rings. The molecule has 0 spiro atoms. The van der Waals surface area contributed by atoms with E-state index in [1.165, 1.54) is 6.21 Å². The lowest BCUT2D eigenvalue weighted by Crippen LogP contribution is -2.24. The monoisotopic (exact) mass is 358 g/mol. The first-order valence-corrected chi connectivity index (χ1v) is 8.06. The average molecular weight is 358 g/mol. The highest BCUT2D eigenvalue weighted by Crippen LogP contribution is 2.27. The molecule has 1 N–H and O–H groups in total. The zero-order chi connectivity index (χ0) is 18.8. The zero-order valence-electron chi connectivity index (χ0n) is 15.0. The van der Waals surface area contributed by atoms with Gasteiger partial charge in [0.2, 0.25) is 0 Å². The van der Waals surface area contributed by atoms with Gasteiger partial charge < -0.3 is 18.9 Å². The van der Waals surface area contributed by atoms with Crippen molar-refractivity contribution < 1.29 is 23.7 Å². The molecule has 0 aromatic heterocycles. The summed E-state index contributed by atoms with van der Waals surface area (Å²) in [6.07, 6.45) is 1.52. The molecule has 2 rings (SSSR count). The molecular formula is C19H22N2O5. The fourth-order valence-electron chi connectivity index (χ4n) is 2.07. The van der Waals surface area contributed by atoms with E-state index < -0.39 is 0 Å². The molecule has 0 saturated heterocycles. The van der Waals surface area contributed by atoms with Crippen molar-refractivity contribution in [2.75, 3.05) is 27.4 Å². The van der Waals surface area contributed by atoms with E-state index in [1.54, 1.807) is 50.6 Å². The SMILES string of the molecule is CCOc1ccc(/C=N/NC(=O)COc2ccc(OC)cc2)cc1OC. The Morgan fingerprint density at radius 2 is 1.73 bits per heavy atom. The highest BCUT2D eigenvalue weighted by atomic mass is 16.5. The number of benzene rings is 2. The molecular weight excluding hydrogens is 336 g/mol. The predicted octanol–water partition coefficient (Wildman–Crippen LogP) is 2.63. The van der Waals surface area contributed by atoms with Crippen molar-refractivity contribution in [3.05, 3.63) is 48.0 Å². The Labute approximate surface area is 152 Å². The minimum absolute atomic E-state index is 0.143. The molecule has 7 nitrogen and oxygen atoms in total. The highest BCUT2D eigenvalue weighted by molar-refractivity contribution is 5.83. The summed E-state index contributed by atoms with van der Waals surface area (Å²) in [7, 11) is 3.15. The van der Waals surface area contributed by atoms with E-state index >= 15 is 0 Å². The first kappa shape index (κ1) is 19.1. The number of carbonyl (C=O) groups excluding carboxylic acids is 1. The number of hydrogen-bond donors (Lipinski definition) is 1. The van der Waals surface area contributed by atoms with Gasteiger partial charge in [-0.05, 0) is 55.0 Å². The lowest BCUT2D eigenvalue weighted by molar-refractivity contribution is -0.123. The minimum atomic E-state index is -0.366. The van der Waals surface area contributed by atoms with Crippen molar-refractivity contribution >= 4 is 12.1 Å². The van der Waals surface area contributed by atoms with Crippen molar-refractivity contribution in [1.29, 1.82) is 0 Å². The van der Waals surface area contributed by atoms with Gasteiger partial charge in [-0.3, -0.25) is 4.79 Å². The molecule has 2 aromatic rings. The van der Waals surface area contributed by atoms with E-state index in [0.29, 0.717) is 23.9 Å². The molecule has 138 valence electrons. The van der Waals surface area contributed by atoms with Crippen LogP contribution >= 0.6 is 0 Å². The summed E-state index contributed by atoms with van der Waals surface area (Å²) >= 11 is 0. The molecule has 0 radical (unpaired) electrons. The summed E-state index contributed by atoms with van der Waals surface area (Å²) in [5.74, 6) is 2.18. The van der Waals surface area contributed by atoms with Crippen LogP contribution in [-0.2, 0) is 4.79 Å². The first-order chi connectivity index (χ1) is 12.7. The van der Waals surface area contributed by atoms with Crippen LogP contribution in [0.15, 0.2) is 47.6 Å². The molecule has 0 atom stereocenters. The molecule has 1 amide bonds. The van der Waals surface area contributed by atoms with E-state index in [1.807, 2.05) is 13.0 Å². The van der Waals surface area contributed by atoms with Crippen LogP contribution in [0, 0.1) is 0 Å². The fourth-order valence-corrected chi connectivity index (χ4v) is 2.07. The number of amides is 1. The number of hydrazone groups is 1. The lowest BCUT2D eigenvalue weighted by atomic mass is 10.2. The topological polar surface area (TPSA) is 78.4 Å². The van der Waals surface area contributed by atoms with Gasteiger partial charge in [0.25, 0.3) is 5.91 Å². The smallest absolute Gasteiger partial charge is 0.277 e. The molecule has 7 heteroatoms. The Balaban J connectivity index is 1.84. The van der Waals surface area contributed by atoms with E-state index in [-0.39, 0.29) is 12.5 Å². The number of hydrogen-bond acceptors (Lipinski definition) is 6. The summed E-state index contributed by atoms with van der Waals surface area (Å²) in [6.45, 7) is 2.31. The summed E-state index contributed by atoms with van der Waals surface area (Å²) in [5, 5.41) is 3.91. The molecule has 0 saturated carbocycles. The van der Waals surface area contributed by atoms with Gasteiger partial charge in [-0.1, -0.05) is 0 Å². The molecule has 0 heterocycles. The van der Waals surface area contributed by atoms with Crippen LogP contribution in [0.25, 0.3) is 0 Å². The molecule has 26 heavy (non-hydrogen) atoms. The molecule has 0 aliphatic carbocycles. The third kappa shape index (κ3) is 5.70. The van der Waals surface area contributed by atoms with Gasteiger partial charge in [0.1, 0.15) is 11.5 Å². The van der Waals surface area contributed by atoms with Crippen molar-refractivity contribution in [1.82, 2.24) is 5.43 Å². The summed E-state index contributed by atoms with van der Waals surface area (Å²) in [5.41, 5.74) is 3.18. The van der Waals surface area contributed by atoms with Gasteiger partial charge in [0.15, 0.2) is 18.1 Å². The zero-order valence-corrected chi connectivity index (χ0v) is 15.0. The van der Waals surface area contributed by atoms with Gasteiger partial charge in [-0.2, -0.15) is 5.10 Å². The van der Waals surface area contributed by atoms with Crippen molar-refractivity contribution in [2.24, 2.45) is 5.10 Å². The van der Waals surface area contributed by atoms with E-state index in [4.69, 9.17) is 18.9 Å². The first-order valence-electron chi connectivity index (χ1n) is 8.06. The van der Waals surface area contributed by atoms with Crippen LogP contribution in [0.4, 0.5) is 0 Å². The number of rotatable bonds is 9. The Kier molecular flexibility index (Phi) is 7.30. The Morgan fingerprint density at radius 1 is 1.00 bits per heavy atom. The number of methoxy groups -OCH3 is 2. The van der Waals surface area contributed by atoms with Gasteiger partial charge in [0.05, 0.1) is 27.0 Å². The van der Waals surface area contributed by atoms with Gasteiger partial charge in [-0.15, -0.1) is 0 Å². The van der Waals surface area contributed by atoms with Crippen LogP contribution in [0.1, 0.15) is 12.5 Å². The molecule has 0 bridgehead atoms.